The van der Waals surface area contributed by atoms with Crippen LogP contribution in [0.3, 0.4) is 0 Å². The van der Waals surface area contributed by atoms with Gasteiger partial charge in [0.1, 0.15) is 23.7 Å². The first-order valence-electron chi connectivity index (χ1n) is 21.5. The summed E-state index contributed by atoms with van der Waals surface area (Å²) in [6.45, 7) is 7.12. The number of hydrogen-bond acceptors (Lipinski definition) is 8. The van der Waals surface area contributed by atoms with E-state index in [1.807, 2.05) is 66.2 Å². The first kappa shape index (κ1) is 42.0. The standard InChI is InChI=1S/C48H54N8O6/c1-6-11-29-24-39(56(27-29)46(58)41(54-48(60)62-5)32-12-8-7-9-13-32)44-50-36-22-20-34-25-33(19-21-35(34)42(36)52-44)30-15-17-31(18-16-30)37-26-49-43(51-37)38-14-10-23-55(38)45(57)40(28(2)3)53-47(59)61-4/h7-9,12-13,15-22,25-26,28-29,38-41H,6,10-11,14,23-24,27H2,1-5H3,(H,49,51)(H,50,52)(H,53,59)(H,54,60)/t29-,38-,39-,40-,41+/m0/s1. The Labute approximate surface area is 360 Å². The molecule has 322 valence electrons. The van der Waals surface area contributed by atoms with Gasteiger partial charge in [0.25, 0.3) is 5.91 Å². The highest BCUT2D eigenvalue weighted by Gasteiger charge is 2.41. The molecular weight excluding hydrogens is 785 g/mol. The summed E-state index contributed by atoms with van der Waals surface area (Å²) >= 11 is 0. The first-order valence-corrected chi connectivity index (χ1v) is 21.5. The fourth-order valence-corrected chi connectivity index (χ4v) is 9.17. The number of benzene rings is 4. The Bertz CT molecular complexity index is 2570. The van der Waals surface area contributed by atoms with E-state index in [1.54, 1.807) is 0 Å². The van der Waals surface area contributed by atoms with Crippen LogP contribution >= 0.6 is 0 Å². The molecule has 14 nitrogen and oxygen atoms in total. The van der Waals surface area contributed by atoms with E-state index >= 15 is 0 Å². The lowest BCUT2D eigenvalue weighted by molar-refractivity contribution is -0.136. The highest BCUT2D eigenvalue weighted by molar-refractivity contribution is 6.05. The molecule has 0 unspecified atom stereocenters. The summed E-state index contributed by atoms with van der Waals surface area (Å²) in [4.78, 5) is 73.0. The molecule has 2 aliphatic rings. The van der Waals surface area contributed by atoms with E-state index in [-0.39, 0.29) is 29.8 Å². The van der Waals surface area contributed by atoms with Crippen molar-refractivity contribution >= 4 is 45.8 Å². The van der Waals surface area contributed by atoms with Crippen molar-refractivity contribution in [1.29, 1.82) is 0 Å². The molecule has 2 fully saturated rings. The topological polar surface area (TPSA) is 175 Å². The number of fused-ring (bicyclic) bond motifs is 3. The van der Waals surface area contributed by atoms with Crippen molar-refractivity contribution in [2.24, 2.45) is 11.8 Å². The van der Waals surface area contributed by atoms with E-state index in [0.29, 0.717) is 24.6 Å². The van der Waals surface area contributed by atoms with Gasteiger partial charge in [-0.25, -0.2) is 19.6 Å². The van der Waals surface area contributed by atoms with E-state index in [9.17, 15) is 19.2 Å². The van der Waals surface area contributed by atoms with Gasteiger partial charge in [-0.3, -0.25) is 9.59 Å². The third-order valence-electron chi connectivity index (χ3n) is 12.4. The maximum atomic E-state index is 14.4. The van der Waals surface area contributed by atoms with Gasteiger partial charge in [0, 0.05) is 18.5 Å². The van der Waals surface area contributed by atoms with Crippen LogP contribution in [0.4, 0.5) is 9.59 Å². The highest BCUT2D eigenvalue weighted by atomic mass is 16.5. The summed E-state index contributed by atoms with van der Waals surface area (Å²) in [6, 6.07) is 26.0. The molecule has 6 aromatic rings. The zero-order valence-corrected chi connectivity index (χ0v) is 35.8. The van der Waals surface area contributed by atoms with Gasteiger partial charge in [0.05, 0.1) is 49.2 Å². The number of carbonyl (C=O) groups excluding carboxylic acids is 4. The van der Waals surface area contributed by atoms with Crippen molar-refractivity contribution in [1.82, 2.24) is 40.4 Å². The van der Waals surface area contributed by atoms with Gasteiger partial charge in [-0.05, 0) is 77.3 Å². The van der Waals surface area contributed by atoms with Gasteiger partial charge in [-0.15, -0.1) is 0 Å². The summed E-state index contributed by atoms with van der Waals surface area (Å²) in [5, 5.41) is 7.53. The first-order chi connectivity index (χ1) is 30.1. The van der Waals surface area contributed by atoms with Crippen LogP contribution in [0.5, 0.6) is 0 Å². The normalized spacial score (nSPS) is 18.6. The van der Waals surface area contributed by atoms with Crippen LogP contribution in [-0.2, 0) is 19.1 Å². The molecule has 8 rings (SSSR count). The summed E-state index contributed by atoms with van der Waals surface area (Å²) in [5.74, 6) is 1.30. The number of aromatic nitrogens is 4. The third kappa shape index (κ3) is 8.46. The number of nitrogens with one attached hydrogen (secondary N) is 4. The van der Waals surface area contributed by atoms with Crippen LogP contribution in [0.1, 0.15) is 88.2 Å². The van der Waals surface area contributed by atoms with E-state index in [2.05, 4.69) is 76.1 Å². The monoisotopic (exact) mass is 838 g/mol. The van der Waals surface area contributed by atoms with Gasteiger partial charge in [0.15, 0.2) is 0 Å². The molecule has 2 saturated heterocycles. The quantitative estimate of drug-likeness (QED) is 0.0948. The molecule has 5 atom stereocenters. The van der Waals surface area contributed by atoms with E-state index in [0.717, 1.165) is 87.9 Å². The zero-order valence-electron chi connectivity index (χ0n) is 35.8. The van der Waals surface area contributed by atoms with Crippen molar-refractivity contribution in [2.75, 3.05) is 27.3 Å². The van der Waals surface area contributed by atoms with Crippen molar-refractivity contribution in [2.45, 2.75) is 77.0 Å². The Balaban J connectivity index is 1.01. The lowest BCUT2D eigenvalue weighted by Gasteiger charge is -2.30. The number of hydrogen-bond donors (Lipinski definition) is 4. The molecule has 62 heavy (non-hydrogen) atoms. The number of nitrogens with zero attached hydrogens (tertiary/aromatic N) is 4. The number of aromatic amines is 2. The smallest absolute Gasteiger partial charge is 0.407 e. The predicted octanol–water partition coefficient (Wildman–Crippen LogP) is 8.60. The van der Waals surface area contributed by atoms with Gasteiger partial charge in [-0.1, -0.05) is 100.0 Å². The second-order valence-corrected chi connectivity index (χ2v) is 16.7. The summed E-state index contributed by atoms with van der Waals surface area (Å²) in [7, 11) is 2.59. The average Bonchev–Trinajstić information content (AvgIpc) is 4.13. The predicted molar refractivity (Wildman–Crippen MR) is 237 cm³/mol. The van der Waals surface area contributed by atoms with Gasteiger partial charge >= 0.3 is 12.2 Å². The Kier molecular flexibility index (Phi) is 12.3. The molecule has 0 spiro atoms. The maximum absolute atomic E-state index is 14.4. The fourth-order valence-electron chi connectivity index (χ4n) is 9.17. The molecule has 2 aromatic heterocycles. The van der Waals surface area contributed by atoms with E-state index in [4.69, 9.17) is 19.4 Å². The molecule has 0 radical (unpaired) electrons. The van der Waals surface area contributed by atoms with Crippen molar-refractivity contribution in [3.8, 4) is 22.4 Å². The van der Waals surface area contributed by atoms with Gasteiger partial charge < -0.3 is 39.9 Å². The number of ether oxygens (including phenoxy) is 2. The number of methoxy groups -OCH3 is 2. The molecule has 2 aliphatic heterocycles. The number of imidazole rings is 2. The lowest BCUT2D eigenvalue weighted by atomic mass is 9.99. The Morgan fingerprint density at radius 2 is 1.53 bits per heavy atom. The summed E-state index contributed by atoms with van der Waals surface area (Å²) in [6.07, 6.45) is 4.89. The van der Waals surface area contributed by atoms with Crippen LogP contribution in [-0.4, -0.2) is 87.1 Å². The maximum Gasteiger partial charge on any atom is 0.407 e. The number of rotatable bonds is 12. The van der Waals surface area contributed by atoms with Crippen LogP contribution in [0.15, 0.2) is 91.1 Å². The number of H-pyrrole nitrogens is 2. The van der Waals surface area contributed by atoms with Crippen molar-refractivity contribution in [3.63, 3.8) is 0 Å². The fraction of sp³-hybridized carbons (Fsp3) is 0.375. The minimum Gasteiger partial charge on any atom is -0.453 e. The van der Waals surface area contributed by atoms with Gasteiger partial charge in [0.2, 0.25) is 5.91 Å². The second kappa shape index (κ2) is 18.1. The van der Waals surface area contributed by atoms with Gasteiger partial charge in [-0.2, -0.15) is 0 Å². The molecule has 0 aliphatic carbocycles. The Hall–Kier alpha value is -6.70. The van der Waals surface area contributed by atoms with Crippen LogP contribution in [0.2, 0.25) is 0 Å². The molecule has 4 N–H and O–H groups in total. The SMILES string of the molecule is CCC[C@H]1C[C@@H](c2nc3c(ccc4cc(-c5ccc(-c6cnc([C@@H]7CCCN7C(=O)[C@@H](NC(=O)OC)C(C)C)[nH]6)cc5)ccc43)[nH]2)N(C(=O)[C@H](NC(=O)OC)c2ccccc2)C1. The second-order valence-electron chi connectivity index (χ2n) is 16.7. The molecule has 4 amide bonds. The lowest BCUT2D eigenvalue weighted by Crippen LogP contribution is -2.51. The molecular formula is C48H54N8O6. The Morgan fingerprint density at radius 3 is 2.26 bits per heavy atom. The minimum absolute atomic E-state index is 0.111. The Morgan fingerprint density at radius 1 is 0.806 bits per heavy atom. The summed E-state index contributed by atoms with van der Waals surface area (Å²) in [5.41, 5.74) is 6.36. The molecule has 0 saturated carbocycles. The van der Waals surface area contributed by atoms with Crippen LogP contribution in [0.25, 0.3) is 44.2 Å². The molecule has 0 bridgehead atoms. The number of alkyl carbamates (subject to hydrolysis) is 2. The van der Waals surface area contributed by atoms with E-state index in [1.165, 1.54) is 14.2 Å². The number of amides is 4. The third-order valence-corrected chi connectivity index (χ3v) is 12.4. The summed E-state index contributed by atoms with van der Waals surface area (Å²) < 4.78 is 9.68. The number of likely N-dealkylation sites (tertiary alicyclic amines) is 2. The molecule has 14 heteroatoms. The van der Waals surface area contributed by atoms with Crippen molar-refractivity contribution < 1.29 is 28.7 Å². The zero-order chi connectivity index (χ0) is 43.5. The average molecular weight is 839 g/mol. The van der Waals surface area contributed by atoms with Crippen molar-refractivity contribution in [3.05, 3.63) is 108 Å². The molecule has 4 aromatic carbocycles. The highest BCUT2D eigenvalue weighted by Crippen LogP contribution is 2.40. The molecule has 4 heterocycles. The van der Waals surface area contributed by atoms with Crippen LogP contribution in [0, 0.1) is 11.8 Å². The minimum atomic E-state index is -0.900. The largest absolute Gasteiger partial charge is 0.453 e. The van der Waals surface area contributed by atoms with Crippen LogP contribution < -0.4 is 10.6 Å². The van der Waals surface area contributed by atoms with E-state index < -0.39 is 24.3 Å². The number of carbonyl (C=O) groups is 4.